The van der Waals surface area contributed by atoms with Crippen LogP contribution in [0, 0.1) is 0 Å². The fraction of sp³-hybridized carbons (Fsp3) is 0. The normalized spacial score (nSPS) is 11.8. The molecule has 0 N–H and O–H groups in total. The molecule has 0 radical (unpaired) electrons. The molecule has 4 nitrogen and oxygen atoms in total. The van der Waals surface area contributed by atoms with Crippen molar-refractivity contribution in [2.24, 2.45) is 0 Å². The number of hydrogen-bond acceptors (Lipinski definition) is 4. The lowest BCUT2D eigenvalue weighted by Crippen LogP contribution is -2.73. The minimum Gasteiger partial charge on any atom is -0.473 e. The van der Waals surface area contributed by atoms with E-state index in [1.165, 1.54) is 0 Å². The summed E-state index contributed by atoms with van der Waals surface area (Å²) in [7, 11) is -2.76. The molecule has 0 aliphatic carbocycles. The predicted molar refractivity (Wildman–Crippen MR) is 79.1 cm³/mol. The Kier molecular flexibility index (Phi) is 2.72. The molecule has 4 rings (SSSR count). The molecule has 4 aromatic heterocycles. The molecule has 0 fully saturated rings. The topological polar surface area (TPSA) is 52.6 Å². The van der Waals surface area contributed by atoms with Crippen molar-refractivity contribution >= 4 is 29.6 Å². The average Bonchev–Trinajstić information content (AvgIpc) is 3.32. The van der Waals surface area contributed by atoms with Gasteiger partial charge >= 0.3 is 8.07 Å². The third kappa shape index (κ3) is 1.68. The van der Waals surface area contributed by atoms with E-state index >= 15 is 0 Å². The van der Waals surface area contributed by atoms with Crippen molar-refractivity contribution in [3.05, 3.63) is 73.6 Å². The van der Waals surface area contributed by atoms with Crippen molar-refractivity contribution in [3.63, 3.8) is 0 Å². The highest BCUT2D eigenvalue weighted by molar-refractivity contribution is 7.17. The molecule has 0 saturated carbocycles. The molecule has 0 aromatic carbocycles. The minimum absolute atomic E-state index is 0.808. The summed E-state index contributed by atoms with van der Waals surface area (Å²) in [6.45, 7) is 0. The first-order valence-corrected chi connectivity index (χ1v) is 8.58. The van der Waals surface area contributed by atoms with E-state index in [9.17, 15) is 0 Å². The molecule has 5 heteroatoms. The summed E-state index contributed by atoms with van der Waals surface area (Å²) in [6.07, 6.45) is 6.63. The second-order valence-corrected chi connectivity index (χ2v) is 8.13. The van der Waals surface area contributed by atoms with Gasteiger partial charge in [0.15, 0.2) is 0 Å². The van der Waals surface area contributed by atoms with E-state index < -0.39 is 8.07 Å². The van der Waals surface area contributed by atoms with Gasteiger partial charge in [-0.2, -0.15) is 0 Å². The highest BCUT2D eigenvalue weighted by Crippen LogP contribution is 2.10. The van der Waals surface area contributed by atoms with Crippen molar-refractivity contribution in [3.8, 4) is 0 Å². The van der Waals surface area contributed by atoms with E-state index in [0.29, 0.717) is 0 Å². The van der Waals surface area contributed by atoms with Crippen LogP contribution in [0.15, 0.2) is 91.3 Å². The van der Waals surface area contributed by atoms with Crippen molar-refractivity contribution in [1.29, 1.82) is 0 Å². The van der Waals surface area contributed by atoms with E-state index in [0.717, 1.165) is 21.5 Å². The fourth-order valence-corrected chi connectivity index (χ4v) is 6.52. The van der Waals surface area contributed by atoms with E-state index in [1.54, 1.807) is 25.1 Å². The Morgan fingerprint density at radius 1 is 0.476 bits per heavy atom. The molecule has 0 aliphatic rings. The smallest absolute Gasteiger partial charge is 0.344 e. The Balaban J connectivity index is 2.10. The van der Waals surface area contributed by atoms with Crippen LogP contribution in [0.1, 0.15) is 0 Å². The van der Waals surface area contributed by atoms with Crippen LogP contribution in [-0.4, -0.2) is 8.07 Å². The molecule has 0 spiro atoms. The first kappa shape index (κ1) is 12.1. The Bertz CT molecular complexity index is 638. The Labute approximate surface area is 121 Å². The second kappa shape index (κ2) is 4.71. The predicted octanol–water partition coefficient (Wildman–Crippen LogP) is 1.44. The number of hydrogen-bond donors (Lipinski definition) is 0. The van der Waals surface area contributed by atoms with Crippen LogP contribution < -0.4 is 21.5 Å². The highest BCUT2D eigenvalue weighted by atomic mass is 28.3. The summed E-state index contributed by atoms with van der Waals surface area (Å²) in [4.78, 5) is 0. The van der Waals surface area contributed by atoms with Gasteiger partial charge in [0.1, 0.15) is 21.5 Å². The van der Waals surface area contributed by atoms with Gasteiger partial charge in [-0.15, -0.1) is 0 Å². The van der Waals surface area contributed by atoms with Gasteiger partial charge in [-0.05, 0) is 48.5 Å². The van der Waals surface area contributed by atoms with Crippen LogP contribution in [0.5, 0.6) is 0 Å². The molecular weight excluding hydrogens is 284 g/mol. The van der Waals surface area contributed by atoms with Gasteiger partial charge in [-0.25, -0.2) is 0 Å². The zero-order valence-electron chi connectivity index (χ0n) is 11.1. The van der Waals surface area contributed by atoms with Crippen molar-refractivity contribution < 1.29 is 17.7 Å². The van der Waals surface area contributed by atoms with Gasteiger partial charge in [0.25, 0.3) is 0 Å². The molecule has 0 bridgehead atoms. The first-order valence-electron chi connectivity index (χ1n) is 6.58. The summed E-state index contributed by atoms with van der Waals surface area (Å²) < 4.78 is 23.0. The van der Waals surface area contributed by atoms with Crippen LogP contribution in [0.2, 0.25) is 0 Å². The van der Waals surface area contributed by atoms with E-state index in [4.69, 9.17) is 17.7 Å². The Morgan fingerprint density at radius 3 is 0.952 bits per heavy atom. The van der Waals surface area contributed by atoms with Gasteiger partial charge < -0.3 is 17.7 Å². The van der Waals surface area contributed by atoms with Gasteiger partial charge in [0.2, 0.25) is 0 Å². The lowest BCUT2D eigenvalue weighted by Gasteiger charge is -2.22. The van der Waals surface area contributed by atoms with Crippen LogP contribution >= 0.6 is 0 Å². The standard InChI is InChI=1S/C16H12O4Si/c1-5-13(17-9-1)21(14-6-2-10-18-14,15-7-3-11-19-15)16-8-4-12-20-16/h1-12H. The second-order valence-electron chi connectivity index (χ2n) is 4.66. The molecular formula is C16H12O4Si. The van der Waals surface area contributed by atoms with Crippen LogP contribution in [0.4, 0.5) is 0 Å². The molecule has 0 unspecified atom stereocenters. The fourth-order valence-electron chi connectivity index (χ4n) is 2.70. The summed E-state index contributed by atoms with van der Waals surface area (Å²) in [5.74, 6) is 0. The maximum Gasteiger partial charge on any atom is 0.344 e. The molecule has 4 heterocycles. The Hall–Kier alpha value is -2.66. The van der Waals surface area contributed by atoms with E-state index in [2.05, 4.69) is 0 Å². The molecule has 4 aromatic rings. The summed E-state index contributed by atoms with van der Waals surface area (Å²) in [5, 5.41) is 3.23. The molecule has 0 amide bonds. The average molecular weight is 296 g/mol. The molecule has 104 valence electrons. The van der Waals surface area contributed by atoms with Gasteiger partial charge in [0, 0.05) is 0 Å². The zero-order valence-corrected chi connectivity index (χ0v) is 12.1. The molecule has 21 heavy (non-hydrogen) atoms. The molecule has 0 saturated heterocycles. The summed E-state index contributed by atoms with van der Waals surface area (Å²) >= 11 is 0. The number of rotatable bonds is 4. The van der Waals surface area contributed by atoms with Crippen LogP contribution in [-0.2, 0) is 0 Å². The number of furan rings is 4. The first-order chi connectivity index (χ1) is 10.4. The summed E-state index contributed by atoms with van der Waals surface area (Å²) in [6, 6.07) is 15.2. The summed E-state index contributed by atoms with van der Waals surface area (Å²) in [5.41, 5.74) is 0. The van der Waals surface area contributed by atoms with Crippen LogP contribution in [0.3, 0.4) is 0 Å². The SMILES string of the molecule is c1coc([Si](c2ccco2)(c2ccco2)c2ccco2)c1. The third-order valence-electron chi connectivity index (χ3n) is 3.56. The van der Waals surface area contributed by atoms with Crippen molar-refractivity contribution in [2.45, 2.75) is 0 Å². The molecule has 0 aliphatic heterocycles. The van der Waals surface area contributed by atoms with Crippen LogP contribution in [0.25, 0.3) is 0 Å². The zero-order chi connectivity index (χ0) is 14.1. The highest BCUT2D eigenvalue weighted by Gasteiger charge is 2.53. The van der Waals surface area contributed by atoms with E-state index in [-0.39, 0.29) is 0 Å². The lowest BCUT2D eigenvalue weighted by molar-refractivity contribution is 0.561. The minimum atomic E-state index is -2.76. The maximum atomic E-state index is 5.75. The van der Waals surface area contributed by atoms with Gasteiger partial charge in [-0.3, -0.25) is 0 Å². The lowest BCUT2D eigenvalue weighted by atomic mass is 10.7. The van der Waals surface area contributed by atoms with Crippen molar-refractivity contribution in [2.75, 3.05) is 0 Å². The third-order valence-corrected chi connectivity index (χ3v) is 7.66. The van der Waals surface area contributed by atoms with Gasteiger partial charge in [0.05, 0.1) is 25.1 Å². The quantitative estimate of drug-likeness (QED) is 0.535. The Morgan fingerprint density at radius 2 is 0.762 bits per heavy atom. The van der Waals surface area contributed by atoms with Crippen molar-refractivity contribution in [1.82, 2.24) is 0 Å². The van der Waals surface area contributed by atoms with Gasteiger partial charge in [-0.1, -0.05) is 0 Å². The molecule has 0 atom stereocenters. The monoisotopic (exact) mass is 296 g/mol. The van der Waals surface area contributed by atoms with E-state index in [1.807, 2.05) is 48.5 Å². The maximum absolute atomic E-state index is 5.75. The largest absolute Gasteiger partial charge is 0.473 e.